The van der Waals surface area contributed by atoms with Crippen LogP contribution in [-0.2, 0) is 9.53 Å². The quantitative estimate of drug-likeness (QED) is 0.842. The Bertz CT molecular complexity index is 552. The Hall–Kier alpha value is -1.59. The second kappa shape index (κ2) is 7.61. The minimum absolute atomic E-state index is 0.199. The molecule has 1 aromatic carbocycles. The van der Waals surface area contributed by atoms with Gasteiger partial charge in [0.1, 0.15) is 6.04 Å². The number of hydrogen-bond acceptors (Lipinski definition) is 3. The highest BCUT2D eigenvalue weighted by molar-refractivity contribution is 6.31. The van der Waals surface area contributed by atoms with Crippen molar-refractivity contribution in [3.63, 3.8) is 0 Å². The molecule has 0 spiro atoms. The molecular formula is C16H22ClNO4. The Kier molecular flexibility index (Phi) is 6.38. The van der Waals surface area contributed by atoms with Gasteiger partial charge in [0.05, 0.1) is 5.60 Å². The van der Waals surface area contributed by atoms with Crippen LogP contribution in [0.1, 0.15) is 43.1 Å². The van der Waals surface area contributed by atoms with Crippen molar-refractivity contribution in [1.82, 2.24) is 5.32 Å². The van der Waals surface area contributed by atoms with Gasteiger partial charge in [0.15, 0.2) is 0 Å². The van der Waals surface area contributed by atoms with E-state index in [4.69, 9.17) is 16.3 Å². The van der Waals surface area contributed by atoms with E-state index >= 15 is 0 Å². The molecule has 0 heterocycles. The third-order valence-corrected chi connectivity index (χ3v) is 3.39. The van der Waals surface area contributed by atoms with Crippen molar-refractivity contribution in [2.75, 3.05) is 6.61 Å². The van der Waals surface area contributed by atoms with Crippen molar-refractivity contribution in [3.05, 3.63) is 34.3 Å². The largest absolute Gasteiger partial charge is 0.480 e. The van der Waals surface area contributed by atoms with E-state index in [-0.39, 0.29) is 18.6 Å². The number of nitrogens with one attached hydrogen (secondary N) is 1. The van der Waals surface area contributed by atoms with Crippen LogP contribution in [0.25, 0.3) is 0 Å². The van der Waals surface area contributed by atoms with E-state index in [0.29, 0.717) is 10.6 Å². The van der Waals surface area contributed by atoms with Gasteiger partial charge in [-0.25, -0.2) is 4.79 Å². The van der Waals surface area contributed by atoms with Crippen LogP contribution < -0.4 is 5.32 Å². The highest BCUT2D eigenvalue weighted by Gasteiger charge is 2.22. The van der Waals surface area contributed by atoms with Crippen LogP contribution in [0, 0.1) is 6.92 Å². The van der Waals surface area contributed by atoms with Gasteiger partial charge >= 0.3 is 5.97 Å². The van der Waals surface area contributed by atoms with Gasteiger partial charge in [-0.05, 0) is 51.5 Å². The third-order valence-electron chi connectivity index (χ3n) is 2.97. The summed E-state index contributed by atoms with van der Waals surface area (Å²) in [6.07, 6.45) is 0.199. The fourth-order valence-corrected chi connectivity index (χ4v) is 1.89. The van der Waals surface area contributed by atoms with Crippen LogP contribution in [-0.4, -0.2) is 35.2 Å². The average Bonchev–Trinajstić information content (AvgIpc) is 2.39. The summed E-state index contributed by atoms with van der Waals surface area (Å²) in [4.78, 5) is 23.4. The molecule has 0 bridgehead atoms. The number of carboxylic acids is 1. The smallest absolute Gasteiger partial charge is 0.326 e. The van der Waals surface area contributed by atoms with Crippen LogP contribution in [0.5, 0.6) is 0 Å². The number of amides is 1. The van der Waals surface area contributed by atoms with Gasteiger partial charge in [-0.15, -0.1) is 0 Å². The van der Waals surface area contributed by atoms with Crippen molar-refractivity contribution < 1.29 is 19.4 Å². The number of carbonyl (C=O) groups excluding carboxylic acids is 1. The molecule has 22 heavy (non-hydrogen) atoms. The Balaban J connectivity index is 2.68. The lowest BCUT2D eigenvalue weighted by atomic mass is 10.1. The van der Waals surface area contributed by atoms with E-state index in [2.05, 4.69) is 5.32 Å². The summed E-state index contributed by atoms with van der Waals surface area (Å²) in [5, 5.41) is 12.3. The first-order chi connectivity index (χ1) is 10.1. The highest BCUT2D eigenvalue weighted by Crippen LogP contribution is 2.16. The van der Waals surface area contributed by atoms with E-state index in [9.17, 15) is 14.7 Å². The summed E-state index contributed by atoms with van der Waals surface area (Å²) >= 11 is 5.91. The molecule has 2 N–H and O–H groups in total. The highest BCUT2D eigenvalue weighted by atomic mass is 35.5. The van der Waals surface area contributed by atoms with Gasteiger partial charge in [0, 0.05) is 23.6 Å². The molecule has 1 amide bonds. The van der Waals surface area contributed by atoms with Gasteiger partial charge in [0.25, 0.3) is 5.91 Å². The van der Waals surface area contributed by atoms with E-state index in [1.807, 2.05) is 20.8 Å². The molecule has 0 aromatic heterocycles. The summed E-state index contributed by atoms with van der Waals surface area (Å²) in [5.74, 6) is -1.53. The molecule has 0 radical (unpaired) electrons. The van der Waals surface area contributed by atoms with Crippen LogP contribution in [0.2, 0.25) is 5.02 Å². The summed E-state index contributed by atoms with van der Waals surface area (Å²) in [5.41, 5.74) is 0.794. The molecule has 0 saturated heterocycles. The van der Waals surface area contributed by atoms with E-state index < -0.39 is 17.9 Å². The zero-order valence-electron chi connectivity index (χ0n) is 13.3. The third kappa shape index (κ3) is 6.03. The summed E-state index contributed by atoms with van der Waals surface area (Å²) in [6, 6.07) is 3.81. The van der Waals surface area contributed by atoms with E-state index in [1.165, 1.54) is 0 Å². The van der Waals surface area contributed by atoms with Crippen molar-refractivity contribution >= 4 is 23.5 Å². The van der Waals surface area contributed by atoms with Crippen molar-refractivity contribution in [2.45, 2.75) is 45.8 Å². The Labute approximate surface area is 135 Å². The summed E-state index contributed by atoms with van der Waals surface area (Å²) in [6.45, 7) is 7.69. The number of carboxylic acid groups (broad SMARTS) is 1. The Morgan fingerprint density at radius 3 is 2.50 bits per heavy atom. The van der Waals surface area contributed by atoms with Crippen LogP contribution in [0.3, 0.4) is 0 Å². The molecule has 1 unspecified atom stereocenters. The second-order valence-corrected chi connectivity index (χ2v) is 6.48. The second-order valence-electron chi connectivity index (χ2n) is 6.08. The maximum atomic E-state index is 12.1. The molecule has 0 aliphatic carbocycles. The zero-order valence-corrected chi connectivity index (χ0v) is 14.0. The summed E-state index contributed by atoms with van der Waals surface area (Å²) in [7, 11) is 0. The first kappa shape index (κ1) is 18.5. The van der Waals surface area contributed by atoms with Crippen molar-refractivity contribution in [1.29, 1.82) is 0 Å². The number of aliphatic carboxylic acids is 1. The Morgan fingerprint density at radius 1 is 1.36 bits per heavy atom. The maximum Gasteiger partial charge on any atom is 0.326 e. The fraction of sp³-hybridized carbons (Fsp3) is 0.500. The number of halogens is 1. The standard InChI is InChI=1S/C16H22ClNO4/c1-10-9-11(5-6-12(10)17)14(19)18-13(15(20)21)7-8-22-16(2,3)4/h5-6,9,13H,7-8H2,1-4H3,(H,18,19)(H,20,21). The molecule has 5 nitrogen and oxygen atoms in total. The fourth-order valence-electron chi connectivity index (χ4n) is 1.77. The molecule has 1 aromatic rings. The number of carbonyl (C=O) groups is 2. The molecule has 0 saturated carbocycles. The summed E-state index contributed by atoms with van der Waals surface area (Å²) < 4.78 is 5.50. The SMILES string of the molecule is Cc1cc(C(=O)NC(CCOC(C)(C)C)C(=O)O)ccc1Cl. The first-order valence-corrected chi connectivity index (χ1v) is 7.42. The molecule has 0 aliphatic heterocycles. The molecule has 1 rings (SSSR count). The lowest BCUT2D eigenvalue weighted by Crippen LogP contribution is -2.42. The zero-order chi connectivity index (χ0) is 16.9. The molecule has 0 fully saturated rings. The van der Waals surface area contributed by atoms with Crippen LogP contribution >= 0.6 is 11.6 Å². The molecule has 1 atom stereocenters. The molecular weight excluding hydrogens is 306 g/mol. The van der Waals surface area contributed by atoms with Gasteiger partial charge in [-0.3, -0.25) is 4.79 Å². The molecule has 0 aliphatic rings. The minimum Gasteiger partial charge on any atom is -0.480 e. The maximum absolute atomic E-state index is 12.1. The monoisotopic (exact) mass is 327 g/mol. The molecule has 122 valence electrons. The number of rotatable bonds is 6. The van der Waals surface area contributed by atoms with Crippen molar-refractivity contribution in [2.24, 2.45) is 0 Å². The number of ether oxygens (including phenoxy) is 1. The normalized spacial score (nSPS) is 12.8. The predicted octanol–water partition coefficient (Wildman–Crippen LogP) is 3.04. The first-order valence-electron chi connectivity index (χ1n) is 7.04. The van der Waals surface area contributed by atoms with E-state index in [0.717, 1.165) is 5.56 Å². The van der Waals surface area contributed by atoms with Gasteiger partial charge in [-0.2, -0.15) is 0 Å². The van der Waals surface area contributed by atoms with Gasteiger partial charge < -0.3 is 15.2 Å². The van der Waals surface area contributed by atoms with Gasteiger partial charge in [0.2, 0.25) is 0 Å². The number of hydrogen-bond donors (Lipinski definition) is 2. The Morgan fingerprint density at radius 2 is 2.00 bits per heavy atom. The van der Waals surface area contributed by atoms with Gasteiger partial charge in [-0.1, -0.05) is 11.6 Å². The number of benzene rings is 1. The number of aryl methyl sites for hydroxylation is 1. The lowest BCUT2D eigenvalue weighted by molar-refractivity contribution is -0.140. The predicted molar refractivity (Wildman–Crippen MR) is 85.4 cm³/mol. The van der Waals surface area contributed by atoms with Crippen LogP contribution in [0.4, 0.5) is 0 Å². The minimum atomic E-state index is -1.09. The van der Waals surface area contributed by atoms with Crippen molar-refractivity contribution in [3.8, 4) is 0 Å². The van der Waals surface area contributed by atoms with E-state index in [1.54, 1.807) is 25.1 Å². The van der Waals surface area contributed by atoms with Crippen LogP contribution in [0.15, 0.2) is 18.2 Å². The average molecular weight is 328 g/mol. The molecule has 6 heteroatoms. The lowest BCUT2D eigenvalue weighted by Gasteiger charge is -2.21. The topological polar surface area (TPSA) is 75.6 Å².